The molecule has 1 amide bonds. The molecule has 0 spiro atoms. The van der Waals surface area contributed by atoms with Gasteiger partial charge in [0.2, 0.25) is 0 Å². The van der Waals surface area contributed by atoms with E-state index in [1.807, 2.05) is 48.5 Å². The van der Waals surface area contributed by atoms with E-state index in [4.69, 9.17) is 16.2 Å². The van der Waals surface area contributed by atoms with Crippen molar-refractivity contribution in [2.75, 3.05) is 13.2 Å². The van der Waals surface area contributed by atoms with E-state index in [1.165, 1.54) is 0 Å². The lowest BCUT2D eigenvalue weighted by Crippen LogP contribution is -2.78. The second-order valence-corrected chi connectivity index (χ2v) is 6.87. The Hall–Kier alpha value is -3.55. The minimum atomic E-state index is -1.37. The summed E-state index contributed by atoms with van der Waals surface area (Å²) >= 11 is 0. The first kappa shape index (κ1) is 20.2. The van der Waals surface area contributed by atoms with Gasteiger partial charge in [-0.15, -0.1) is 0 Å². The number of guanidine groups is 1. The van der Waals surface area contributed by atoms with Crippen LogP contribution in [0, 0.1) is 0 Å². The molecule has 29 heavy (non-hydrogen) atoms. The zero-order chi connectivity index (χ0) is 20.8. The molecule has 0 unspecified atom stereocenters. The molecule has 1 atom stereocenters. The van der Waals surface area contributed by atoms with Crippen molar-refractivity contribution in [3.8, 4) is 11.1 Å². The lowest BCUT2D eigenvalue weighted by atomic mass is 9.98. The van der Waals surface area contributed by atoms with Crippen LogP contribution in [0.25, 0.3) is 11.1 Å². The summed E-state index contributed by atoms with van der Waals surface area (Å²) in [7, 11) is 0. The molecule has 8 nitrogen and oxygen atoms in total. The molecule has 0 radical (unpaired) electrons. The zero-order valence-corrected chi connectivity index (χ0v) is 15.9. The Balaban J connectivity index is 1.60. The van der Waals surface area contributed by atoms with Crippen molar-refractivity contribution in [3.63, 3.8) is 0 Å². The zero-order valence-electron chi connectivity index (χ0n) is 15.9. The number of carbonyl (C=O) groups is 2. The SMILES string of the molecule is NC(N)=[NH+]CCC[C@@H](NC(=O)OCC1c2ccccc2-c2ccccc21)C(=O)[O-]. The molecular formula is C21H24N4O4. The number of hydrogen-bond donors (Lipinski definition) is 4. The number of fused-ring (bicyclic) bond motifs is 3. The molecule has 0 saturated carbocycles. The molecule has 0 aliphatic heterocycles. The van der Waals surface area contributed by atoms with Gasteiger partial charge < -0.3 is 20.0 Å². The van der Waals surface area contributed by atoms with E-state index in [-0.39, 0.29) is 24.9 Å². The first-order valence-corrected chi connectivity index (χ1v) is 9.41. The van der Waals surface area contributed by atoms with Crippen LogP contribution in [-0.2, 0) is 9.53 Å². The third kappa shape index (κ3) is 4.84. The van der Waals surface area contributed by atoms with Gasteiger partial charge in [-0.2, -0.15) is 0 Å². The molecule has 1 aliphatic carbocycles. The Morgan fingerprint density at radius 1 is 1.07 bits per heavy atom. The summed E-state index contributed by atoms with van der Waals surface area (Å²) in [6.45, 7) is 0.498. The number of carbonyl (C=O) groups excluding carboxylic acids is 2. The number of carboxylic acid groups (broad SMARTS) is 1. The van der Waals surface area contributed by atoms with E-state index in [1.54, 1.807) is 0 Å². The molecule has 152 valence electrons. The van der Waals surface area contributed by atoms with Gasteiger partial charge in [0.15, 0.2) is 0 Å². The van der Waals surface area contributed by atoms with Crippen molar-refractivity contribution in [2.45, 2.75) is 24.8 Å². The summed E-state index contributed by atoms with van der Waals surface area (Å²) in [6, 6.07) is 14.8. The van der Waals surface area contributed by atoms with Crippen molar-refractivity contribution >= 4 is 18.0 Å². The van der Waals surface area contributed by atoms with Crippen LogP contribution in [0.15, 0.2) is 48.5 Å². The summed E-state index contributed by atoms with van der Waals surface area (Å²) in [5, 5.41) is 13.7. The Bertz CT molecular complexity index is 879. The lowest BCUT2D eigenvalue weighted by Gasteiger charge is -2.20. The second kappa shape index (κ2) is 9.09. The normalized spacial score (nSPS) is 13.1. The van der Waals surface area contributed by atoms with E-state index in [9.17, 15) is 14.7 Å². The van der Waals surface area contributed by atoms with Crippen LogP contribution < -0.4 is 26.9 Å². The van der Waals surface area contributed by atoms with E-state index < -0.39 is 18.1 Å². The van der Waals surface area contributed by atoms with Gasteiger partial charge in [-0.05, 0) is 35.1 Å². The number of nitrogens with one attached hydrogen (secondary N) is 2. The summed E-state index contributed by atoms with van der Waals surface area (Å²) in [5.41, 5.74) is 15.0. The van der Waals surface area contributed by atoms with E-state index in [0.29, 0.717) is 13.0 Å². The van der Waals surface area contributed by atoms with Crippen molar-refractivity contribution in [3.05, 3.63) is 59.7 Å². The highest BCUT2D eigenvalue weighted by Crippen LogP contribution is 2.44. The number of nitrogens with two attached hydrogens (primary N) is 2. The van der Waals surface area contributed by atoms with Crippen LogP contribution >= 0.6 is 0 Å². The Labute approximate surface area is 168 Å². The van der Waals surface area contributed by atoms with Gasteiger partial charge in [-0.3, -0.25) is 16.5 Å². The van der Waals surface area contributed by atoms with Gasteiger partial charge in [0.25, 0.3) is 0 Å². The van der Waals surface area contributed by atoms with Gasteiger partial charge >= 0.3 is 12.1 Å². The third-order valence-corrected chi connectivity index (χ3v) is 4.92. The third-order valence-electron chi connectivity index (χ3n) is 4.92. The van der Waals surface area contributed by atoms with E-state index >= 15 is 0 Å². The predicted molar refractivity (Wildman–Crippen MR) is 105 cm³/mol. The number of hydrogen-bond acceptors (Lipinski definition) is 4. The van der Waals surface area contributed by atoms with E-state index in [0.717, 1.165) is 22.3 Å². The molecule has 0 aromatic heterocycles. The standard InChI is InChI=1S/C21H24N4O4/c22-20(23)24-11-5-10-18(19(26)27)25-21(28)29-12-17-15-8-3-1-6-13(15)14-7-2-4-9-16(14)17/h1-4,6-9,17-18H,5,10-12H2,(H,25,28)(H,26,27)(H4,22,23,24)/t18-/m1/s1. The lowest BCUT2D eigenvalue weighted by molar-refractivity contribution is -0.459. The second-order valence-electron chi connectivity index (χ2n) is 6.87. The Kier molecular flexibility index (Phi) is 6.33. The maximum absolute atomic E-state index is 12.2. The summed E-state index contributed by atoms with van der Waals surface area (Å²) in [6.07, 6.45) is -0.202. The number of rotatable bonds is 8. The number of amides is 1. The largest absolute Gasteiger partial charge is 0.548 e. The highest BCUT2D eigenvalue weighted by Gasteiger charge is 2.29. The molecule has 3 rings (SSSR count). The molecule has 0 fully saturated rings. The maximum atomic E-state index is 12.2. The van der Waals surface area contributed by atoms with Crippen LogP contribution in [0.5, 0.6) is 0 Å². The van der Waals surface area contributed by atoms with Crippen LogP contribution in [-0.4, -0.2) is 37.2 Å². The van der Waals surface area contributed by atoms with Crippen LogP contribution in [0.4, 0.5) is 4.79 Å². The van der Waals surface area contributed by atoms with Gasteiger partial charge in [-0.25, -0.2) is 4.79 Å². The minimum Gasteiger partial charge on any atom is -0.548 e. The highest BCUT2D eigenvalue weighted by molar-refractivity contribution is 5.80. The van der Waals surface area contributed by atoms with Gasteiger partial charge in [0, 0.05) is 5.92 Å². The number of benzene rings is 2. The predicted octanol–water partition coefficient (Wildman–Crippen LogP) is -1.22. The Morgan fingerprint density at radius 3 is 2.21 bits per heavy atom. The molecule has 2 aromatic rings. The monoisotopic (exact) mass is 396 g/mol. The quantitative estimate of drug-likeness (QED) is 0.250. The topological polar surface area (TPSA) is 144 Å². The minimum absolute atomic E-state index is 0.0551. The first-order chi connectivity index (χ1) is 14.0. The van der Waals surface area contributed by atoms with Crippen LogP contribution in [0.2, 0.25) is 0 Å². The van der Waals surface area contributed by atoms with E-state index in [2.05, 4.69) is 10.3 Å². The molecule has 1 aliphatic rings. The fourth-order valence-electron chi connectivity index (χ4n) is 3.57. The molecule has 0 saturated heterocycles. The molecule has 8 heteroatoms. The fraction of sp³-hybridized carbons (Fsp3) is 0.286. The number of carboxylic acids is 1. The van der Waals surface area contributed by atoms with Gasteiger partial charge in [0.1, 0.15) is 6.61 Å². The number of ether oxygens (including phenoxy) is 1. The van der Waals surface area contributed by atoms with Gasteiger partial charge in [-0.1, -0.05) is 48.5 Å². The smallest absolute Gasteiger partial charge is 0.407 e. The Morgan fingerprint density at radius 2 is 1.66 bits per heavy atom. The highest BCUT2D eigenvalue weighted by atomic mass is 16.5. The summed E-state index contributed by atoms with van der Waals surface area (Å²) in [4.78, 5) is 26.2. The fourth-order valence-corrected chi connectivity index (χ4v) is 3.57. The van der Waals surface area contributed by atoms with Gasteiger partial charge in [0.05, 0.1) is 18.6 Å². The van der Waals surface area contributed by atoms with Crippen molar-refractivity contribution in [1.29, 1.82) is 0 Å². The van der Waals surface area contributed by atoms with Crippen molar-refractivity contribution in [1.82, 2.24) is 5.32 Å². The molecule has 0 heterocycles. The average Bonchev–Trinajstić information content (AvgIpc) is 3.02. The van der Waals surface area contributed by atoms with Crippen LogP contribution in [0.3, 0.4) is 0 Å². The summed E-state index contributed by atoms with van der Waals surface area (Å²) in [5.74, 6) is -1.41. The van der Waals surface area contributed by atoms with Crippen LogP contribution in [0.1, 0.15) is 29.9 Å². The first-order valence-electron chi connectivity index (χ1n) is 9.41. The maximum Gasteiger partial charge on any atom is 0.407 e. The summed E-state index contributed by atoms with van der Waals surface area (Å²) < 4.78 is 5.36. The number of aliphatic carboxylic acids is 1. The number of alkyl carbamates (subject to hydrolysis) is 1. The van der Waals surface area contributed by atoms with Crippen molar-refractivity contribution < 1.29 is 24.4 Å². The van der Waals surface area contributed by atoms with Crippen molar-refractivity contribution in [2.24, 2.45) is 11.5 Å². The molecular weight excluding hydrogens is 372 g/mol. The average molecular weight is 396 g/mol. The molecule has 6 N–H and O–H groups in total. The molecule has 2 aromatic carbocycles. The molecule has 0 bridgehead atoms.